The van der Waals surface area contributed by atoms with Crippen molar-refractivity contribution in [2.45, 2.75) is 0 Å². The van der Waals surface area contributed by atoms with Gasteiger partial charge in [-0.2, -0.15) is 0 Å². The van der Waals surface area contributed by atoms with Crippen LogP contribution in [0.5, 0.6) is 0 Å². The van der Waals surface area contributed by atoms with Gasteiger partial charge in [-0.3, -0.25) is 4.79 Å². The zero-order valence-corrected chi connectivity index (χ0v) is 12.5. The van der Waals surface area contributed by atoms with Crippen LogP contribution in [0.1, 0.15) is 11.3 Å². The molecule has 2 N–H and O–H groups in total. The molecular weight excluding hydrogens is 332 g/mol. The van der Waals surface area contributed by atoms with Gasteiger partial charge in [0.25, 0.3) is 5.56 Å². The minimum atomic E-state index is -0.338. The van der Waals surface area contributed by atoms with E-state index in [1.807, 2.05) is 24.3 Å². The second kappa shape index (κ2) is 5.54. The van der Waals surface area contributed by atoms with Gasteiger partial charge >= 0.3 is 0 Å². The lowest BCUT2D eigenvalue weighted by Crippen LogP contribution is -2.12. The Morgan fingerprint density at radius 1 is 1.19 bits per heavy atom. The van der Waals surface area contributed by atoms with E-state index in [-0.39, 0.29) is 17.0 Å². The van der Waals surface area contributed by atoms with Crippen LogP contribution in [-0.2, 0) is 0 Å². The Morgan fingerprint density at radius 3 is 2.81 bits per heavy atom. The molecule has 0 amide bonds. The Kier molecular flexibility index (Phi) is 3.58. The predicted molar refractivity (Wildman–Crippen MR) is 87.0 cm³/mol. The van der Waals surface area contributed by atoms with E-state index >= 15 is 0 Å². The van der Waals surface area contributed by atoms with E-state index in [0.717, 1.165) is 4.47 Å². The molecule has 3 aromatic rings. The van der Waals surface area contributed by atoms with E-state index in [0.29, 0.717) is 16.6 Å². The lowest BCUT2D eigenvalue weighted by Gasteiger charge is -2.02. The molecule has 0 saturated heterocycles. The molecule has 0 aliphatic rings. The van der Waals surface area contributed by atoms with Crippen molar-refractivity contribution < 1.29 is 5.11 Å². The monoisotopic (exact) mass is 342 g/mol. The maximum Gasteiger partial charge on any atom is 0.274 e. The number of aliphatic hydroxyl groups excluding tert-OH is 1. The zero-order valence-electron chi connectivity index (χ0n) is 10.9. The average Bonchev–Trinajstić information content (AvgIpc) is 2.48. The molecule has 3 rings (SSSR count). The van der Waals surface area contributed by atoms with Gasteiger partial charge in [0.15, 0.2) is 0 Å². The summed E-state index contributed by atoms with van der Waals surface area (Å²) < 4.78 is 0.848. The molecule has 0 unspecified atom stereocenters. The molecule has 0 aliphatic carbocycles. The van der Waals surface area contributed by atoms with E-state index in [2.05, 4.69) is 25.9 Å². The summed E-state index contributed by atoms with van der Waals surface area (Å²) in [6, 6.07) is 14.4. The van der Waals surface area contributed by atoms with E-state index in [9.17, 15) is 9.90 Å². The molecule has 4 nitrogen and oxygen atoms in total. The second-order valence-electron chi connectivity index (χ2n) is 4.51. The summed E-state index contributed by atoms with van der Waals surface area (Å²) in [6.07, 6.45) is 1.37. The van der Waals surface area contributed by atoms with Crippen molar-refractivity contribution in [3.8, 4) is 0 Å². The SMILES string of the molecule is O=c1[nH]c2ccccc2nc1C=C(O)c1cccc(Br)c1. The molecular formula is C16H11BrN2O2. The van der Waals surface area contributed by atoms with Crippen LogP contribution >= 0.6 is 15.9 Å². The topological polar surface area (TPSA) is 66.0 Å². The normalized spacial score (nSPS) is 11.8. The summed E-state index contributed by atoms with van der Waals surface area (Å²) in [6.45, 7) is 0. The third kappa shape index (κ3) is 2.87. The quantitative estimate of drug-likeness (QED) is 0.697. The number of aromatic nitrogens is 2. The second-order valence-corrected chi connectivity index (χ2v) is 5.42. The molecule has 0 aliphatic heterocycles. The lowest BCUT2D eigenvalue weighted by atomic mass is 10.1. The van der Waals surface area contributed by atoms with Crippen molar-refractivity contribution in [1.82, 2.24) is 9.97 Å². The highest BCUT2D eigenvalue weighted by Crippen LogP contribution is 2.18. The number of benzene rings is 2. The first-order chi connectivity index (χ1) is 10.1. The fraction of sp³-hybridized carbons (Fsp3) is 0. The third-order valence-corrected chi connectivity index (χ3v) is 3.51. The van der Waals surface area contributed by atoms with E-state index in [1.54, 1.807) is 24.3 Å². The number of aliphatic hydroxyl groups is 1. The third-order valence-electron chi connectivity index (χ3n) is 3.02. The van der Waals surface area contributed by atoms with Gasteiger partial charge in [0, 0.05) is 16.1 Å². The van der Waals surface area contributed by atoms with Gasteiger partial charge in [0.05, 0.1) is 11.0 Å². The summed E-state index contributed by atoms with van der Waals surface area (Å²) in [7, 11) is 0. The number of rotatable bonds is 2. The molecule has 5 heteroatoms. The van der Waals surface area contributed by atoms with Crippen LogP contribution in [-0.4, -0.2) is 15.1 Å². The fourth-order valence-electron chi connectivity index (χ4n) is 2.00. The van der Waals surface area contributed by atoms with Crippen molar-refractivity contribution in [3.63, 3.8) is 0 Å². The first-order valence-corrected chi connectivity index (χ1v) is 7.08. The zero-order chi connectivity index (χ0) is 14.8. The Hall–Kier alpha value is -2.40. The van der Waals surface area contributed by atoms with Crippen molar-refractivity contribution in [2.75, 3.05) is 0 Å². The molecule has 0 fully saturated rings. The number of para-hydroxylation sites is 2. The van der Waals surface area contributed by atoms with Crippen LogP contribution in [0.4, 0.5) is 0 Å². The summed E-state index contributed by atoms with van der Waals surface area (Å²) in [5.74, 6) is -0.00965. The van der Waals surface area contributed by atoms with Crippen LogP contribution in [0.25, 0.3) is 22.9 Å². The van der Waals surface area contributed by atoms with Gasteiger partial charge in [-0.1, -0.05) is 40.2 Å². The first kappa shape index (κ1) is 13.6. The Morgan fingerprint density at radius 2 is 2.00 bits per heavy atom. The molecule has 0 atom stereocenters. The van der Waals surface area contributed by atoms with Crippen LogP contribution in [0, 0.1) is 0 Å². The van der Waals surface area contributed by atoms with E-state index in [4.69, 9.17) is 0 Å². The molecule has 104 valence electrons. The van der Waals surface area contributed by atoms with E-state index in [1.165, 1.54) is 6.08 Å². The molecule has 1 aromatic heterocycles. The minimum absolute atomic E-state index is 0.00965. The van der Waals surface area contributed by atoms with Crippen molar-refractivity contribution >= 4 is 38.8 Å². The summed E-state index contributed by atoms with van der Waals surface area (Å²) in [5, 5.41) is 10.1. The highest BCUT2D eigenvalue weighted by Gasteiger charge is 2.05. The number of H-pyrrole nitrogens is 1. The molecule has 0 spiro atoms. The van der Waals surface area contributed by atoms with Gasteiger partial charge in [0.2, 0.25) is 0 Å². The number of fused-ring (bicyclic) bond motifs is 1. The Labute approximate surface area is 128 Å². The number of halogens is 1. The van der Waals surface area contributed by atoms with Crippen molar-refractivity contribution in [2.24, 2.45) is 0 Å². The molecule has 0 bridgehead atoms. The smallest absolute Gasteiger partial charge is 0.274 e. The number of nitrogens with one attached hydrogen (secondary N) is 1. The van der Waals surface area contributed by atoms with Crippen LogP contribution < -0.4 is 5.56 Å². The maximum absolute atomic E-state index is 12.0. The fourth-order valence-corrected chi connectivity index (χ4v) is 2.40. The van der Waals surface area contributed by atoms with Crippen LogP contribution in [0.2, 0.25) is 0 Å². The largest absolute Gasteiger partial charge is 0.507 e. The van der Waals surface area contributed by atoms with E-state index < -0.39 is 0 Å². The molecule has 21 heavy (non-hydrogen) atoms. The number of aromatic amines is 1. The molecule has 1 heterocycles. The van der Waals surface area contributed by atoms with Gasteiger partial charge in [-0.25, -0.2) is 4.98 Å². The van der Waals surface area contributed by atoms with Gasteiger partial charge < -0.3 is 10.1 Å². The number of hydrogen-bond acceptors (Lipinski definition) is 3. The Balaban J connectivity index is 2.10. The standard InChI is InChI=1S/C16H11BrN2O2/c17-11-5-3-4-10(8-11)15(20)9-14-16(21)19-13-7-2-1-6-12(13)18-14/h1-9,20H,(H,19,21). The highest BCUT2D eigenvalue weighted by molar-refractivity contribution is 9.10. The average molecular weight is 343 g/mol. The summed E-state index contributed by atoms with van der Waals surface area (Å²) in [5.41, 5.74) is 1.78. The number of hydrogen-bond donors (Lipinski definition) is 2. The highest BCUT2D eigenvalue weighted by atomic mass is 79.9. The predicted octanol–water partition coefficient (Wildman–Crippen LogP) is 3.74. The summed E-state index contributed by atoms with van der Waals surface area (Å²) >= 11 is 3.34. The van der Waals surface area contributed by atoms with Crippen LogP contribution in [0.3, 0.4) is 0 Å². The lowest BCUT2D eigenvalue weighted by molar-refractivity contribution is 0.515. The molecule has 2 aromatic carbocycles. The first-order valence-electron chi connectivity index (χ1n) is 6.29. The number of nitrogens with zero attached hydrogens (tertiary/aromatic N) is 1. The van der Waals surface area contributed by atoms with Crippen molar-refractivity contribution in [1.29, 1.82) is 0 Å². The van der Waals surface area contributed by atoms with Gasteiger partial charge in [-0.15, -0.1) is 0 Å². The van der Waals surface area contributed by atoms with Gasteiger partial charge in [0.1, 0.15) is 11.5 Å². The van der Waals surface area contributed by atoms with Gasteiger partial charge in [-0.05, 0) is 24.3 Å². The molecule has 0 saturated carbocycles. The van der Waals surface area contributed by atoms with Crippen LogP contribution in [0.15, 0.2) is 57.8 Å². The Bertz CT molecular complexity index is 900. The molecule has 0 radical (unpaired) electrons. The minimum Gasteiger partial charge on any atom is -0.507 e. The summed E-state index contributed by atoms with van der Waals surface area (Å²) in [4.78, 5) is 19.0. The maximum atomic E-state index is 12.0. The van der Waals surface area contributed by atoms with Crippen molar-refractivity contribution in [3.05, 3.63) is 74.6 Å².